The molecule has 0 aromatic carbocycles. The van der Waals surface area contributed by atoms with E-state index in [0.29, 0.717) is 30.9 Å². The summed E-state index contributed by atoms with van der Waals surface area (Å²) in [5.41, 5.74) is 0.928. The molecule has 10 heteroatoms. The Morgan fingerprint density at radius 1 is 1.00 bits per heavy atom. The van der Waals surface area contributed by atoms with E-state index < -0.39 is 25.3 Å². The fourth-order valence-electron chi connectivity index (χ4n) is 2.71. The standard InChI is InChI=1S/C13H24N4O4S2/c1-10(2)22(18,19)16-6-5-7-17(9-8-16)23(20,21)13-11(3)14-15-12(13)4/h10H,5-9H2,1-4H3,(H,14,15). The Morgan fingerprint density at radius 2 is 1.57 bits per heavy atom. The molecule has 0 unspecified atom stereocenters. The van der Waals surface area contributed by atoms with Crippen LogP contribution in [0, 0.1) is 13.8 Å². The van der Waals surface area contributed by atoms with Crippen LogP contribution in [0.4, 0.5) is 0 Å². The van der Waals surface area contributed by atoms with Crippen LogP contribution < -0.4 is 0 Å². The van der Waals surface area contributed by atoms with E-state index in [2.05, 4.69) is 10.2 Å². The van der Waals surface area contributed by atoms with Gasteiger partial charge in [-0.1, -0.05) is 0 Å². The lowest BCUT2D eigenvalue weighted by atomic mass is 10.4. The summed E-state index contributed by atoms with van der Waals surface area (Å²) in [6.07, 6.45) is 0.473. The molecule has 0 spiro atoms. The molecule has 1 N–H and O–H groups in total. The summed E-state index contributed by atoms with van der Waals surface area (Å²) < 4.78 is 53.0. The van der Waals surface area contributed by atoms with Crippen LogP contribution in [0.25, 0.3) is 0 Å². The molecule has 0 amide bonds. The van der Waals surface area contributed by atoms with Gasteiger partial charge in [0.15, 0.2) is 0 Å². The summed E-state index contributed by atoms with van der Waals surface area (Å²) in [7, 11) is -7.04. The Balaban J connectivity index is 2.24. The van der Waals surface area contributed by atoms with E-state index in [1.165, 1.54) is 8.61 Å². The number of nitrogens with one attached hydrogen (secondary N) is 1. The van der Waals surface area contributed by atoms with Crippen molar-refractivity contribution in [2.75, 3.05) is 26.2 Å². The number of hydrogen-bond acceptors (Lipinski definition) is 5. The first-order valence-corrected chi connectivity index (χ1v) is 10.5. The van der Waals surface area contributed by atoms with Gasteiger partial charge in [0.2, 0.25) is 20.0 Å². The van der Waals surface area contributed by atoms with Crippen molar-refractivity contribution in [1.82, 2.24) is 18.8 Å². The highest BCUT2D eigenvalue weighted by Gasteiger charge is 2.34. The molecule has 1 aliphatic rings. The van der Waals surface area contributed by atoms with E-state index in [0.717, 1.165) is 0 Å². The molecule has 1 aromatic heterocycles. The number of aryl methyl sites for hydroxylation is 2. The van der Waals surface area contributed by atoms with Crippen molar-refractivity contribution in [3.8, 4) is 0 Å². The van der Waals surface area contributed by atoms with Gasteiger partial charge in [0.05, 0.1) is 16.6 Å². The smallest absolute Gasteiger partial charge is 0.246 e. The normalized spacial score (nSPS) is 19.2. The van der Waals surface area contributed by atoms with Crippen molar-refractivity contribution in [3.05, 3.63) is 11.4 Å². The SMILES string of the molecule is Cc1n[nH]c(C)c1S(=O)(=O)N1CCCN(S(=O)(=O)C(C)C)CC1. The Kier molecular flexibility index (Phi) is 5.19. The van der Waals surface area contributed by atoms with Gasteiger partial charge in [-0.15, -0.1) is 0 Å². The average Bonchev–Trinajstić information content (AvgIpc) is 2.67. The van der Waals surface area contributed by atoms with Gasteiger partial charge in [0.25, 0.3) is 0 Å². The molecule has 23 heavy (non-hydrogen) atoms. The topological polar surface area (TPSA) is 103 Å². The first-order valence-electron chi connectivity index (χ1n) is 7.59. The Labute approximate surface area is 138 Å². The Hall–Kier alpha value is -0.970. The second-order valence-corrected chi connectivity index (χ2v) is 10.4. The molecule has 1 aliphatic heterocycles. The summed E-state index contributed by atoms with van der Waals surface area (Å²) in [6, 6.07) is 0. The molecule has 8 nitrogen and oxygen atoms in total. The van der Waals surface area contributed by atoms with Crippen LogP contribution in [-0.4, -0.2) is 67.1 Å². The largest absolute Gasteiger partial charge is 0.281 e. The minimum atomic E-state index is -3.67. The maximum Gasteiger partial charge on any atom is 0.246 e. The van der Waals surface area contributed by atoms with Crippen LogP contribution in [-0.2, 0) is 20.0 Å². The monoisotopic (exact) mass is 364 g/mol. The number of aromatic amines is 1. The van der Waals surface area contributed by atoms with Gasteiger partial charge < -0.3 is 0 Å². The average molecular weight is 364 g/mol. The van der Waals surface area contributed by atoms with Crippen LogP contribution in [0.3, 0.4) is 0 Å². The lowest BCUT2D eigenvalue weighted by Gasteiger charge is -2.23. The number of hydrogen-bond donors (Lipinski definition) is 1. The van der Waals surface area contributed by atoms with Gasteiger partial charge in [-0.2, -0.15) is 9.40 Å². The molecule has 0 aliphatic carbocycles. The molecule has 132 valence electrons. The van der Waals surface area contributed by atoms with Crippen molar-refractivity contribution in [3.63, 3.8) is 0 Å². The third kappa shape index (κ3) is 3.44. The molecule has 0 bridgehead atoms. The second-order valence-electron chi connectivity index (χ2n) is 6.01. The van der Waals surface area contributed by atoms with Crippen LogP contribution in [0.1, 0.15) is 31.7 Å². The maximum absolute atomic E-state index is 12.8. The van der Waals surface area contributed by atoms with E-state index in [4.69, 9.17) is 0 Å². The Morgan fingerprint density at radius 3 is 2.09 bits per heavy atom. The maximum atomic E-state index is 12.8. The van der Waals surface area contributed by atoms with Crippen LogP contribution in [0.2, 0.25) is 0 Å². The lowest BCUT2D eigenvalue weighted by molar-refractivity contribution is 0.401. The molecule has 2 rings (SSSR count). The van der Waals surface area contributed by atoms with Crippen molar-refractivity contribution in [2.45, 2.75) is 44.3 Å². The molecular weight excluding hydrogens is 340 g/mol. The van der Waals surface area contributed by atoms with Crippen molar-refractivity contribution in [2.24, 2.45) is 0 Å². The van der Waals surface area contributed by atoms with Gasteiger partial charge in [0, 0.05) is 26.2 Å². The van der Waals surface area contributed by atoms with Gasteiger partial charge in [-0.25, -0.2) is 21.1 Å². The third-order valence-electron chi connectivity index (χ3n) is 4.03. The summed E-state index contributed by atoms with van der Waals surface area (Å²) >= 11 is 0. The fraction of sp³-hybridized carbons (Fsp3) is 0.769. The molecule has 1 aromatic rings. The van der Waals surface area contributed by atoms with Gasteiger partial charge in [0.1, 0.15) is 4.90 Å². The van der Waals surface area contributed by atoms with Crippen LogP contribution >= 0.6 is 0 Å². The first kappa shape index (κ1) is 18.4. The number of rotatable bonds is 4. The van der Waals surface area contributed by atoms with Gasteiger partial charge in [-0.3, -0.25) is 5.10 Å². The molecular formula is C13H24N4O4S2. The third-order valence-corrected chi connectivity index (χ3v) is 8.47. The predicted molar refractivity (Wildman–Crippen MR) is 87.1 cm³/mol. The first-order chi connectivity index (χ1) is 10.6. The number of sulfonamides is 2. The highest BCUT2D eigenvalue weighted by atomic mass is 32.2. The fourth-order valence-corrected chi connectivity index (χ4v) is 5.83. The summed E-state index contributed by atoms with van der Waals surface area (Å²) in [5.74, 6) is 0. The summed E-state index contributed by atoms with van der Waals surface area (Å²) in [6.45, 7) is 7.55. The summed E-state index contributed by atoms with van der Waals surface area (Å²) in [5, 5.41) is 6.11. The molecule has 0 atom stereocenters. The minimum Gasteiger partial charge on any atom is -0.281 e. The quantitative estimate of drug-likeness (QED) is 0.836. The molecule has 0 saturated carbocycles. The molecule has 2 heterocycles. The van der Waals surface area contributed by atoms with Crippen molar-refractivity contribution >= 4 is 20.0 Å². The number of aromatic nitrogens is 2. The zero-order valence-electron chi connectivity index (χ0n) is 13.9. The Bertz CT molecular complexity index is 748. The van der Waals surface area contributed by atoms with E-state index in [9.17, 15) is 16.8 Å². The lowest BCUT2D eigenvalue weighted by Crippen LogP contribution is -2.40. The molecule has 1 fully saturated rings. The highest BCUT2D eigenvalue weighted by Crippen LogP contribution is 2.23. The van der Waals surface area contributed by atoms with Crippen molar-refractivity contribution in [1.29, 1.82) is 0 Å². The zero-order valence-corrected chi connectivity index (χ0v) is 15.5. The zero-order chi connectivity index (χ0) is 17.4. The van der Waals surface area contributed by atoms with Crippen LogP contribution in [0.15, 0.2) is 4.90 Å². The predicted octanol–water partition coefficient (Wildman–Crippen LogP) is 0.461. The van der Waals surface area contributed by atoms with Crippen LogP contribution in [0.5, 0.6) is 0 Å². The van der Waals surface area contributed by atoms with Crippen molar-refractivity contribution < 1.29 is 16.8 Å². The minimum absolute atomic E-state index is 0.151. The molecule has 0 radical (unpaired) electrons. The van der Waals surface area contributed by atoms with Gasteiger partial charge in [-0.05, 0) is 34.1 Å². The second kappa shape index (κ2) is 6.50. The molecule has 1 saturated heterocycles. The highest BCUT2D eigenvalue weighted by molar-refractivity contribution is 7.89. The number of H-pyrrole nitrogens is 1. The van der Waals surface area contributed by atoms with Gasteiger partial charge >= 0.3 is 0 Å². The van der Waals surface area contributed by atoms with E-state index in [1.54, 1.807) is 27.7 Å². The van der Waals surface area contributed by atoms with E-state index in [-0.39, 0.29) is 18.0 Å². The van der Waals surface area contributed by atoms with E-state index >= 15 is 0 Å². The van der Waals surface area contributed by atoms with E-state index in [1.807, 2.05) is 0 Å². The summed E-state index contributed by atoms with van der Waals surface area (Å²) in [4.78, 5) is 0.192. The number of nitrogens with zero attached hydrogens (tertiary/aromatic N) is 3.